The first-order valence-electron chi connectivity index (χ1n) is 20.0. The van der Waals surface area contributed by atoms with E-state index in [1.54, 1.807) is 24.3 Å². The highest BCUT2D eigenvalue weighted by molar-refractivity contribution is 7.14. The molecule has 6 rings (SSSR count). The number of hydrogen-bond donors (Lipinski definition) is 4. The summed E-state index contributed by atoms with van der Waals surface area (Å²) in [5.74, 6) is -1.67. The molecule has 3 aromatic rings. The Morgan fingerprint density at radius 3 is 2.41 bits per heavy atom. The number of rotatable bonds is 15. The standard InChI is InChI=1S/C42H55ClN6O9S/c1-9-10-15-42(7,38(52)53)48-36(50)30-18-26(20-49(30)37(51)35(41(4,5)6)47-40(54)58-25-16-23-11-12-24(17-25)56-23)57-32-19-28(29-21-59-39(46-29)44-22(2)3)45-34-27(32)13-14-31(55-8)33(34)43/h9,13-14,19,21-26,30,35H,1,10-12,15-18,20H2,2-8H3,(H,44,46)(H,47,54)(H,48,50)(H,52,53)/t23-,24+,25?,26-,30+,35-,42+/m1/s1. The molecule has 3 aliphatic heterocycles. The van der Waals surface area contributed by atoms with Crippen molar-refractivity contribution in [2.24, 2.45) is 5.41 Å². The highest BCUT2D eigenvalue weighted by Gasteiger charge is 2.48. The second-order valence-electron chi connectivity index (χ2n) is 17.2. The molecule has 3 amide bonds. The van der Waals surface area contributed by atoms with Crippen LogP contribution >= 0.6 is 22.9 Å². The van der Waals surface area contributed by atoms with Crippen molar-refractivity contribution < 1.29 is 43.2 Å². The number of thiazole rings is 1. The van der Waals surface area contributed by atoms with Crippen molar-refractivity contribution in [3.8, 4) is 22.9 Å². The fourth-order valence-electron chi connectivity index (χ4n) is 7.85. The average molecular weight is 855 g/mol. The maximum atomic E-state index is 14.8. The number of carboxylic acids is 1. The van der Waals surface area contributed by atoms with Gasteiger partial charge >= 0.3 is 12.1 Å². The fraction of sp³-hybridized carbons (Fsp3) is 0.571. The van der Waals surface area contributed by atoms with Crippen LogP contribution in [0.15, 0.2) is 36.2 Å². The van der Waals surface area contributed by atoms with Crippen molar-refractivity contribution in [2.75, 3.05) is 19.0 Å². The minimum Gasteiger partial charge on any atom is -0.495 e. The third-order valence-corrected chi connectivity index (χ3v) is 12.1. The molecule has 3 aliphatic rings. The summed E-state index contributed by atoms with van der Waals surface area (Å²) in [5.41, 5.74) is -1.03. The minimum absolute atomic E-state index is 0.00306. The molecule has 0 spiro atoms. The zero-order valence-corrected chi connectivity index (χ0v) is 36.2. The number of fused-ring (bicyclic) bond motifs is 3. The van der Waals surface area contributed by atoms with Gasteiger partial charge < -0.3 is 44.9 Å². The van der Waals surface area contributed by atoms with Crippen LogP contribution in [0.2, 0.25) is 5.02 Å². The normalized spacial score (nSPS) is 23.0. The van der Waals surface area contributed by atoms with Crippen LogP contribution in [-0.2, 0) is 23.9 Å². The molecular weight excluding hydrogens is 800 g/mol. The molecule has 4 N–H and O–H groups in total. The fourth-order valence-corrected chi connectivity index (χ4v) is 8.98. The summed E-state index contributed by atoms with van der Waals surface area (Å²) in [7, 11) is 1.51. The van der Waals surface area contributed by atoms with Gasteiger partial charge in [0.05, 0.1) is 37.1 Å². The van der Waals surface area contributed by atoms with Crippen molar-refractivity contribution >= 4 is 62.8 Å². The number of carbonyl (C=O) groups is 4. The summed E-state index contributed by atoms with van der Waals surface area (Å²) in [6, 6.07) is 3.09. The van der Waals surface area contributed by atoms with Gasteiger partial charge in [-0.15, -0.1) is 17.9 Å². The van der Waals surface area contributed by atoms with E-state index in [1.807, 2.05) is 40.0 Å². The average Bonchev–Trinajstić information content (AvgIpc) is 3.90. The SMILES string of the molecule is C=CCC[C@](C)(NC(=O)[C@@H]1C[C@@H](Oc2cc(-c3csc(NC(C)C)n3)nc3c(Cl)c(OC)ccc23)CN1C(=O)[C@@H](NC(=O)OC1C[C@H]2CC[C@@H](C1)O2)C(C)(C)C)C(=O)O. The van der Waals surface area contributed by atoms with Crippen LogP contribution in [0.4, 0.5) is 9.93 Å². The molecule has 0 saturated carbocycles. The number of allylic oxidation sites excluding steroid dienone is 1. The number of carbonyl (C=O) groups excluding carboxylic acids is 3. The van der Waals surface area contributed by atoms with E-state index in [-0.39, 0.29) is 48.8 Å². The molecule has 59 heavy (non-hydrogen) atoms. The molecule has 2 aromatic heterocycles. The predicted molar refractivity (Wildman–Crippen MR) is 225 cm³/mol. The van der Waals surface area contributed by atoms with E-state index < -0.39 is 53.0 Å². The Morgan fingerprint density at radius 1 is 1.07 bits per heavy atom. The summed E-state index contributed by atoms with van der Waals surface area (Å²) >= 11 is 8.26. The Hall–Kier alpha value is -4.67. The Bertz CT molecular complexity index is 2060. The first-order chi connectivity index (χ1) is 27.9. The number of alkyl carbamates (subject to hydrolysis) is 1. The third-order valence-electron chi connectivity index (χ3n) is 11.0. The van der Waals surface area contributed by atoms with Crippen molar-refractivity contribution in [3.05, 3.63) is 41.3 Å². The summed E-state index contributed by atoms with van der Waals surface area (Å²) in [6.07, 6.45) is 3.23. The number of benzene rings is 1. The number of aliphatic carboxylic acids is 1. The third kappa shape index (κ3) is 10.0. The highest BCUT2D eigenvalue weighted by Crippen LogP contribution is 2.40. The van der Waals surface area contributed by atoms with Gasteiger partial charge in [0.25, 0.3) is 0 Å². The first kappa shape index (κ1) is 43.9. The monoisotopic (exact) mass is 854 g/mol. The van der Waals surface area contributed by atoms with Crippen LogP contribution in [0, 0.1) is 5.41 Å². The lowest BCUT2D eigenvalue weighted by Gasteiger charge is -2.36. The molecular formula is C42H55ClN6O9S. The molecule has 3 fully saturated rings. The molecule has 2 bridgehead atoms. The van der Waals surface area contributed by atoms with E-state index >= 15 is 0 Å². The molecule has 0 aliphatic carbocycles. The van der Waals surface area contributed by atoms with Crippen LogP contribution in [-0.4, -0.2) is 106 Å². The number of anilines is 1. The maximum absolute atomic E-state index is 14.8. The lowest BCUT2D eigenvalue weighted by atomic mass is 9.85. The lowest BCUT2D eigenvalue weighted by Crippen LogP contribution is -2.60. The van der Waals surface area contributed by atoms with Gasteiger partial charge in [0, 0.05) is 42.1 Å². The summed E-state index contributed by atoms with van der Waals surface area (Å²) < 4.78 is 24.0. The highest BCUT2D eigenvalue weighted by atomic mass is 35.5. The van der Waals surface area contributed by atoms with Crippen LogP contribution in [0.25, 0.3) is 22.3 Å². The molecule has 1 unspecified atom stereocenters. The van der Waals surface area contributed by atoms with E-state index in [9.17, 15) is 24.3 Å². The molecule has 5 heterocycles. The van der Waals surface area contributed by atoms with Crippen molar-refractivity contribution in [3.63, 3.8) is 0 Å². The number of likely N-dealkylation sites (tertiary alicyclic amines) is 1. The molecule has 3 saturated heterocycles. The number of methoxy groups -OCH3 is 1. The Kier molecular flexibility index (Phi) is 13.3. The van der Waals surface area contributed by atoms with Gasteiger partial charge in [0.15, 0.2) is 5.13 Å². The van der Waals surface area contributed by atoms with Crippen molar-refractivity contribution in [1.82, 2.24) is 25.5 Å². The number of halogens is 1. The summed E-state index contributed by atoms with van der Waals surface area (Å²) in [4.78, 5) is 66.0. The zero-order valence-electron chi connectivity index (χ0n) is 34.6. The number of carboxylic acid groups (broad SMARTS) is 1. The number of aromatic nitrogens is 2. The molecule has 1 aromatic carbocycles. The van der Waals surface area contributed by atoms with Crippen LogP contribution in [0.1, 0.15) is 86.5 Å². The second kappa shape index (κ2) is 17.9. The molecule has 17 heteroatoms. The maximum Gasteiger partial charge on any atom is 0.408 e. The molecule has 7 atom stereocenters. The molecule has 0 radical (unpaired) electrons. The minimum atomic E-state index is -1.66. The van der Waals surface area contributed by atoms with Crippen molar-refractivity contribution in [2.45, 2.75) is 135 Å². The van der Waals surface area contributed by atoms with Crippen molar-refractivity contribution in [1.29, 1.82) is 0 Å². The number of nitrogens with one attached hydrogen (secondary N) is 3. The van der Waals surface area contributed by atoms with Gasteiger partial charge in [-0.05, 0) is 64.0 Å². The number of pyridine rings is 1. The summed E-state index contributed by atoms with van der Waals surface area (Å²) in [6.45, 7) is 14.5. The van der Waals surface area contributed by atoms with Crippen LogP contribution < -0.4 is 25.4 Å². The van der Waals surface area contributed by atoms with Gasteiger partial charge in [-0.1, -0.05) is 38.4 Å². The predicted octanol–water partition coefficient (Wildman–Crippen LogP) is 6.97. The van der Waals surface area contributed by atoms with E-state index in [2.05, 4.69) is 22.5 Å². The van der Waals surface area contributed by atoms with Crippen LogP contribution in [0.5, 0.6) is 11.5 Å². The number of amides is 3. The Balaban J connectivity index is 1.33. The molecule has 320 valence electrons. The number of ether oxygens (including phenoxy) is 4. The molecule has 15 nitrogen and oxygen atoms in total. The number of hydrogen-bond acceptors (Lipinski definition) is 12. The zero-order chi connectivity index (χ0) is 42.8. The number of nitrogens with zero attached hydrogens (tertiary/aromatic N) is 3. The Labute approximate surface area is 353 Å². The Morgan fingerprint density at radius 2 is 1.78 bits per heavy atom. The van der Waals surface area contributed by atoms with Gasteiger partial charge in [-0.2, -0.15) is 0 Å². The van der Waals surface area contributed by atoms with E-state index in [0.717, 1.165) is 12.8 Å². The van der Waals surface area contributed by atoms with Gasteiger partial charge in [-0.3, -0.25) is 9.59 Å². The smallest absolute Gasteiger partial charge is 0.408 e. The van der Waals surface area contributed by atoms with Gasteiger partial charge in [0.1, 0.15) is 52.0 Å². The quantitative estimate of drug-likeness (QED) is 0.115. The van der Waals surface area contributed by atoms with Gasteiger partial charge in [-0.25, -0.2) is 19.6 Å². The van der Waals surface area contributed by atoms with Crippen LogP contribution in [0.3, 0.4) is 0 Å². The van der Waals surface area contributed by atoms with Gasteiger partial charge in [0.2, 0.25) is 11.8 Å². The first-order valence-corrected chi connectivity index (χ1v) is 21.3. The summed E-state index contributed by atoms with van der Waals surface area (Å²) in [5, 5.41) is 22.4. The lowest BCUT2D eigenvalue weighted by molar-refractivity contribution is -0.149. The second-order valence-corrected chi connectivity index (χ2v) is 18.4. The van der Waals surface area contributed by atoms with E-state index in [1.165, 1.54) is 30.3 Å². The van der Waals surface area contributed by atoms with E-state index in [4.69, 9.17) is 40.5 Å². The van der Waals surface area contributed by atoms with E-state index in [0.29, 0.717) is 58.2 Å². The largest absolute Gasteiger partial charge is 0.495 e. The topological polar surface area (TPSA) is 191 Å².